The second kappa shape index (κ2) is 7.04. The first-order valence-corrected chi connectivity index (χ1v) is 10.00. The summed E-state index contributed by atoms with van der Waals surface area (Å²) in [5.74, 6) is 0. The molecule has 0 bridgehead atoms. The number of halogens is 3. The Labute approximate surface area is 151 Å². The smallest absolute Gasteiger partial charge is 0.376 e. The van der Waals surface area contributed by atoms with Crippen LogP contribution in [0.5, 0.6) is 0 Å². The van der Waals surface area contributed by atoms with E-state index in [0.29, 0.717) is 11.1 Å². The summed E-state index contributed by atoms with van der Waals surface area (Å²) in [6.07, 6.45) is -3.89. The summed E-state index contributed by atoms with van der Waals surface area (Å²) in [6.45, 7) is 3.32. The van der Waals surface area contributed by atoms with E-state index < -0.39 is 28.0 Å². The van der Waals surface area contributed by atoms with Gasteiger partial charge in [0.2, 0.25) is 0 Å². The Hall–Kier alpha value is -1.86. The van der Waals surface area contributed by atoms with Crippen LogP contribution in [0.2, 0.25) is 0 Å². The third-order valence-corrected chi connectivity index (χ3v) is 5.49. The van der Waals surface area contributed by atoms with Crippen LogP contribution in [-0.4, -0.2) is 26.0 Å². The first kappa shape index (κ1) is 20.5. The lowest BCUT2D eigenvalue weighted by Crippen LogP contribution is -2.42. The second-order valence-corrected chi connectivity index (χ2v) is 8.45. The van der Waals surface area contributed by atoms with Crippen molar-refractivity contribution in [3.63, 3.8) is 0 Å². The van der Waals surface area contributed by atoms with Gasteiger partial charge in [0, 0.05) is 6.26 Å². The molecule has 0 saturated carbocycles. The molecule has 0 aliphatic carbocycles. The number of hydrogen-bond donors (Lipinski definition) is 1. The minimum atomic E-state index is -4.77. The molecule has 1 N–H and O–H groups in total. The number of sulfone groups is 1. The van der Waals surface area contributed by atoms with Gasteiger partial charge < -0.3 is 5.11 Å². The van der Waals surface area contributed by atoms with Crippen LogP contribution in [0.4, 0.5) is 13.2 Å². The Kier molecular flexibility index (Phi) is 5.54. The van der Waals surface area contributed by atoms with E-state index in [1.54, 1.807) is 19.9 Å². The van der Waals surface area contributed by atoms with Gasteiger partial charge in [-0.3, -0.25) is 0 Å². The maximum Gasteiger partial charge on any atom is 0.421 e. The van der Waals surface area contributed by atoms with Gasteiger partial charge in [-0.1, -0.05) is 43.7 Å². The highest BCUT2D eigenvalue weighted by Gasteiger charge is 2.54. The van der Waals surface area contributed by atoms with Crippen molar-refractivity contribution in [2.24, 2.45) is 0 Å². The summed E-state index contributed by atoms with van der Waals surface area (Å²) in [6, 6.07) is 10.2. The zero-order valence-electron chi connectivity index (χ0n) is 14.8. The van der Waals surface area contributed by atoms with E-state index in [2.05, 4.69) is 0 Å². The van der Waals surface area contributed by atoms with Crippen LogP contribution < -0.4 is 0 Å². The van der Waals surface area contributed by atoms with Gasteiger partial charge in [0.25, 0.3) is 0 Å². The zero-order chi connectivity index (χ0) is 19.8. The Morgan fingerprint density at radius 1 is 1.04 bits per heavy atom. The largest absolute Gasteiger partial charge is 0.421 e. The number of rotatable bonds is 5. The number of alkyl halides is 3. The Balaban J connectivity index is 2.44. The summed E-state index contributed by atoms with van der Waals surface area (Å²) in [7, 11) is -3.33. The number of aryl methyl sites for hydroxylation is 1. The van der Waals surface area contributed by atoms with Crippen LogP contribution in [0.3, 0.4) is 0 Å². The van der Waals surface area contributed by atoms with E-state index >= 15 is 0 Å². The molecule has 2 aromatic carbocycles. The second-order valence-electron chi connectivity index (χ2n) is 6.43. The van der Waals surface area contributed by atoms with E-state index in [-0.39, 0.29) is 16.9 Å². The average Bonchev–Trinajstić information content (AvgIpc) is 2.53. The fraction of sp³-hybridized carbons (Fsp3) is 0.368. The van der Waals surface area contributed by atoms with Gasteiger partial charge in [0.15, 0.2) is 15.4 Å². The number of benzene rings is 2. The predicted octanol–water partition coefficient (Wildman–Crippen LogP) is 4.62. The average molecular weight is 386 g/mol. The molecule has 0 saturated heterocycles. The topological polar surface area (TPSA) is 54.4 Å². The normalized spacial score (nSPS) is 14.9. The molecule has 2 aromatic rings. The third-order valence-electron chi connectivity index (χ3n) is 4.38. The molecular weight excluding hydrogens is 365 g/mol. The summed E-state index contributed by atoms with van der Waals surface area (Å²) in [5, 5.41) is 10.2. The van der Waals surface area contributed by atoms with Crippen LogP contribution in [0, 0.1) is 6.92 Å². The monoisotopic (exact) mass is 386 g/mol. The van der Waals surface area contributed by atoms with Crippen molar-refractivity contribution in [2.45, 2.75) is 43.4 Å². The maximum atomic E-state index is 13.3. The van der Waals surface area contributed by atoms with E-state index in [1.165, 1.54) is 36.4 Å². The molecule has 0 spiro atoms. The molecule has 0 aliphatic rings. The van der Waals surface area contributed by atoms with Gasteiger partial charge in [-0.05, 0) is 47.7 Å². The Bertz CT molecular complexity index is 887. The lowest BCUT2D eigenvalue weighted by Gasteiger charge is -2.31. The number of hydrogen-bond acceptors (Lipinski definition) is 3. The lowest BCUT2D eigenvalue weighted by molar-refractivity contribution is -0.269. The van der Waals surface area contributed by atoms with E-state index in [0.717, 1.165) is 11.8 Å². The summed E-state index contributed by atoms with van der Waals surface area (Å²) >= 11 is 0. The molecule has 1 unspecified atom stereocenters. The summed E-state index contributed by atoms with van der Waals surface area (Å²) in [5.41, 5.74) is -1.03. The zero-order valence-corrected chi connectivity index (χ0v) is 15.6. The molecule has 0 heterocycles. The van der Waals surface area contributed by atoms with Gasteiger partial charge in [0.05, 0.1) is 4.90 Å². The molecule has 142 valence electrons. The van der Waals surface area contributed by atoms with E-state index in [1.807, 2.05) is 0 Å². The summed E-state index contributed by atoms with van der Waals surface area (Å²) < 4.78 is 63.2. The molecule has 0 radical (unpaired) electrons. The molecule has 7 heteroatoms. The van der Waals surface area contributed by atoms with E-state index in [9.17, 15) is 26.7 Å². The molecular formula is C19H21F3O3S. The molecule has 0 aromatic heterocycles. The van der Waals surface area contributed by atoms with Gasteiger partial charge in [-0.15, -0.1) is 0 Å². The highest BCUT2D eigenvalue weighted by molar-refractivity contribution is 7.90. The van der Waals surface area contributed by atoms with Crippen molar-refractivity contribution in [3.8, 4) is 11.1 Å². The van der Waals surface area contributed by atoms with Gasteiger partial charge in [-0.25, -0.2) is 8.42 Å². The van der Waals surface area contributed by atoms with Crippen LogP contribution in [0.15, 0.2) is 47.4 Å². The quantitative estimate of drug-likeness (QED) is 0.816. The van der Waals surface area contributed by atoms with Crippen molar-refractivity contribution in [1.29, 1.82) is 0 Å². The molecule has 26 heavy (non-hydrogen) atoms. The SMILES string of the molecule is CCCC(O)(c1ccc(-c2ccc(S(C)(=O)=O)cc2C)cc1)C(F)(F)F. The van der Waals surface area contributed by atoms with Crippen LogP contribution in [0.25, 0.3) is 11.1 Å². The van der Waals surface area contributed by atoms with E-state index in [4.69, 9.17) is 0 Å². The van der Waals surface area contributed by atoms with Gasteiger partial charge in [0.1, 0.15) is 0 Å². The van der Waals surface area contributed by atoms with Crippen molar-refractivity contribution in [3.05, 3.63) is 53.6 Å². The van der Waals surface area contributed by atoms with Crippen molar-refractivity contribution in [2.75, 3.05) is 6.26 Å². The van der Waals surface area contributed by atoms with Crippen molar-refractivity contribution < 1.29 is 26.7 Å². The Morgan fingerprint density at radius 2 is 1.62 bits per heavy atom. The minimum absolute atomic E-state index is 0.184. The van der Waals surface area contributed by atoms with Crippen LogP contribution >= 0.6 is 0 Å². The molecule has 3 nitrogen and oxygen atoms in total. The highest BCUT2D eigenvalue weighted by atomic mass is 32.2. The molecule has 0 fully saturated rings. The van der Waals surface area contributed by atoms with Gasteiger partial charge >= 0.3 is 6.18 Å². The lowest BCUT2D eigenvalue weighted by atomic mass is 9.87. The molecule has 2 rings (SSSR count). The first-order chi connectivity index (χ1) is 11.9. The van der Waals surface area contributed by atoms with Gasteiger partial charge in [-0.2, -0.15) is 13.2 Å². The fourth-order valence-electron chi connectivity index (χ4n) is 2.93. The van der Waals surface area contributed by atoms with Crippen molar-refractivity contribution >= 4 is 9.84 Å². The molecule has 0 amide bonds. The maximum absolute atomic E-state index is 13.3. The fourth-order valence-corrected chi connectivity index (χ4v) is 3.63. The first-order valence-electron chi connectivity index (χ1n) is 8.11. The Morgan fingerprint density at radius 3 is 2.04 bits per heavy atom. The molecule has 0 aliphatic heterocycles. The van der Waals surface area contributed by atoms with Crippen molar-refractivity contribution in [1.82, 2.24) is 0 Å². The third kappa shape index (κ3) is 3.94. The summed E-state index contributed by atoms with van der Waals surface area (Å²) in [4.78, 5) is 0.185. The molecule has 1 atom stereocenters. The standard InChI is InChI=1S/C19H21F3O3S/c1-4-11-18(23,19(20,21)22)15-7-5-14(6-8-15)17-10-9-16(12-13(17)2)26(3,24)25/h5-10,12,23H,4,11H2,1-3H3. The van der Waals surface area contributed by atoms with Crippen LogP contribution in [-0.2, 0) is 15.4 Å². The highest BCUT2D eigenvalue weighted by Crippen LogP contribution is 2.42. The minimum Gasteiger partial charge on any atom is -0.376 e. The van der Waals surface area contributed by atoms with Crippen LogP contribution in [0.1, 0.15) is 30.9 Å². The predicted molar refractivity (Wildman–Crippen MR) is 94.6 cm³/mol. The number of aliphatic hydroxyl groups is 1.